The van der Waals surface area contributed by atoms with E-state index in [0.717, 1.165) is 43.2 Å². The van der Waals surface area contributed by atoms with Crippen molar-refractivity contribution in [1.82, 2.24) is 24.8 Å². The van der Waals surface area contributed by atoms with Crippen LogP contribution in [-0.4, -0.2) is 57.8 Å². The Labute approximate surface area is 157 Å². The maximum atomic E-state index is 12.6. The summed E-state index contributed by atoms with van der Waals surface area (Å²) >= 11 is 1.51. The van der Waals surface area contributed by atoms with E-state index in [9.17, 15) is 4.79 Å². The van der Waals surface area contributed by atoms with Crippen LogP contribution in [0, 0.1) is 0 Å². The molecule has 0 spiro atoms. The van der Waals surface area contributed by atoms with Crippen molar-refractivity contribution in [2.24, 2.45) is 0 Å². The molecule has 0 aliphatic carbocycles. The number of hydrogen-bond donors (Lipinski definition) is 1. The zero-order valence-electron chi connectivity index (χ0n) is 15.1. The Kier molecular flexibility index (Phi) is 6.30. The number of likely N-dealkylation sites (tertiary alicyclic amines) is 1. The number of likely N-dealkylation sites (N-methyl/N-ethyl adjacent to an activating group) is 1. The fourth-order valence-electron chi connectivity index (χ4n) is 2.92. The molecule has 1 unspecified atom stereocenters. The standard InChI is InChI=1S/C18H24N6OS/c1-23(2)11-5-8-16(25)24-12-4-3-7-15(24)14-13-26-18(21-14)22-17-19-9-6-10-20-17/h5-6,8-10,13,15H,3-4,7,11-12H2,1-2H3,(H,19,20,21,22)/b8-5+. The van der Waals surface area contributed by atoms with Gasteiger partial charge in [-0.2, -0.15) is 0 Å². The lowest BCUT2D eigenvalue weighted by atomic mass is 10.00. The average molecular weight is 372 g/mol. The van der Waals surface area contributed by atoms with Gasteiger partial charge in [-0.05, 0) is 39.4 Å². The molecule has 1 atom stereocenters. The van der Waals surface area contributed by atoms with Gasteiger partial charge >= 0.3 is 0 Å². The van der Waals surface area contributed by atoms with Crippen molar-refractivity contribution >= 4 is 28.3 Å². The predicted octanol–water partition coefficient (Wildman–Crippen LogP) is 2.85. The molecular formula is C18H24N6OS. The Hall–Kier alpha value is -2.32. The molecule has 138 valence electrons. The molecule has 0 saturated carbocycles. The first-order chi connectivity index (χ1) is 12.6. The van der Waals surface area contributed by atoms with Crippen LogP contribution >= 0.6 is 11.3 Å². The van der Waals surface area contributed by atoms with E-state index >= 15 is 0 Å². The molecule has 0 aromatic carbocycles. The maximum absolute atomic E-state index is 12.6. The summed E-state index contributed by atoms with van der Waals surface area (Å²) in [5.41, 5.74) is 0.933. The summed E-state index contributed by atoms with van der Waals surface area (Å²) in [6, 6.07) is 1.80. The summed E-state index contributed by atoms with van der Waals surface area (Å²) in [6.07, 6.45) is 10.1. The van der Waals surface area contributed by atoms with Crippen LogP contribution in [0.3, 0.4) is 0 Å². The Balaban J connectivity index is 1.69. The zero-order chi connectivity index (χ0) is 18.4. The van der Waals surface area contributed by atoms with Crippen molar-refractivity contribution in [3.8, 4) is 0 Å². The third kappa shape index (κ3) is 4.86. The third-order valence-corrected chi connectivity index (χ3v) is 4.94. The van der Waals surface area contributed by atoms with E-state index in [0.29, 0.717) is 5.95 Å². The topological polar surface area (TPSA) is 74.2 Å². The largest absolute Gasteiger partial charge is 0.331 e. The highest BCUT2D eigenvalue weighted by Gasteiger charge is 2.28. The highest BCUT2D eigenvalue weighted by atomic mass is 32.1. The molecule has 0 bridgehead atoms. The number of carbonyl (C=O) groups excluding carboxylic acids is 1. The summed E-state index contributed by atoms with van der Waals surface area (Å²) in [5, 5.41) is 5.88. The molecule has 1 fully saturated rings. The maximum Gasteiger partial charge on any atom is 0.246 e. The fourth-order valence-corrected chi connectivity index (χ4v) is 3.67. The Bertz CT molecular complexity index is 745. The molecule has 3 rings (SSSR count). The van der Waals surface area contributed by atoms with Crippen molar-refractivity contribution in [2.45, 2.75) is 25.3 Å². The van der Waals surface area contributed by atoms with Crippen LogP contribution in [0.5, 0.6) is 0 Å². The first-order valence-electron chi connectivity index (χ1n) is 8.75. The molecule has 7 nitrogen and oxygen atoms in total. The van der Waals surface area contributed by atoms with Crippen molar-refractivity contribution < 1.29 is 4.79 Å². The monoisotopic (exact) mass is 372 g/mol. The number of thiazole rings is 1. The second kappa shape index (κ2) is 8.86. The van der Waals surface area contributed by atoms with Crippen LogP contribution < -0.4 is 5.32 Å². The molecular weight excluding hydrogens is 348 g/mol. The Morgan fingerprint density at radius 3 is 2.96 bits per heavy atom. The van der Waals surface area contributed by atoms with Gasteiger partial charge in [0.1, 0.15) is 0 Å². The average Bonchev–Trinajstić information content (AvgIpc) is 3.10. The number of piperidine rings is 1. The highest BCUT2D eigenvalue weighted by molar-refractivity contribution is 7.13. The quantitative estimate of drug-likeness (QED) is 0.786. The molecule has 1 saturated heterocycles. The molecule has 1 aliphatic rings. The second-order valence-electron chi connectivity index (χ2n) is 6.48. The van der Waals surface area contributed by atoms with Gasteiger partial charge in [-0.25, -0.2) is 15.0 Å². The molecule has 26 heavy (non-hydrogen) atoms. The molecule has 3 heterocycles. The molecule has 2 aromatic rings. The van der Waals surface area contributed by atoms with E-state index in [1.807, 2.05) is 35.4 Å². The van der Waals surface area contributed by atoms with Crippen LogP contribution in [0.2, 0.25) is 0 Å². The summed E-state index contributed by atoms with van der Waals surface area (Å²) in [4.78, 5) is 29.6. The van der Waals surface area contributed by atoms with Gasteiger partial charge in [0.05, 0.1) is 11.7 Å². The van der Waals surface area contributed by atoms with Crippen LogP contribution in [0.15, 0.2) is 36.0 Å². The number of amides is 1. The van der Waals surface area contributed by atoms with Crippen molar-refractivity contribution in [3.05, 3.63) is 41.7 Å². The molecule has 1 aliphatic heterocycles. The van der Waals surface area contributed by atoms with Gasteiger partial charge in [0.25, 0.3) is 0 Å². The summed E-state index contributed by atoms with van der Waals surface area (Å²) in [6.45, 7) is 1.53. The van der Waals surface area contributed by atoms with Gasteiger partial charge in [0.2, 0.25) is 11.9 Å². The predicted molar refractivity (Wildman–Crippen MR) is 103 cm³/mol. The smallest absolute Gasteiger partial charge is 0.246 e. The number of nitrogens with zero attached hydrogens (tertiary/aromatic N) is 5. The minimum Gasteiger partial charge on any atom is -0.331 e. The fraction of sp³-hybridized carbons (Fsp3) is 0.444. The van der Waals surface area contributed by atoms with Gasteiger partial charge in [-0.3, -0.25) is 4.79 Å². The molecule has 1 N–H and O–H groups in total. The minimum atomic E-state index is 0.0312. The van der Waals surface area contributed by atoms with E-state index in [1.165, 1.54) is 11.3 Å². The lowest BCUT2D eigenvalue weighted by Gasteiger charge is -2.34. The number of carbonyl (C=O) groups is 1. The number of hydrogen-bond acceptors (Lipinski definition) is 7. The highest BCUT2D eigenvalue weighted by Crippen LogP contribution is 2.33. The van der Waals surface area contributed by atoms with Crippen molar-refractivity contribution in [1.29, 1.82) is 0 Å². The summed E-state index contributed by atoms with van der Waals surface area (Å²) in [5.74, 6) is 0.585. The summed E-state index contributed by atoms with van der Waals surface area (Å²) < 4.78 is 0. The van der Waals surface area contributed by atoms with E-state index in [4.69, 9.17) is 0 Å². The first kappa shape index (κ1) is 18.5. The van der Waals surface area contributed by atoms with Crippen LogP contribution in [0.4, 0.5) is 11.1 Å². The number of aromatic nitrogens is 3. The lowest BCUT2D eigenvalue weighted by Crippen LogP contribution is -2.37. The van der Waals surface area contributed by atoms with Gasteiger partial charge < -0.3 is 15.1 Å². The minimum absolute atomic E-state index is 0.0312. The van der Waals surface area contributed by atoms with E-state index in [1.54, 1.807) is 24.5 Å². The SMILES string of the molecule is CN(C)C/C=C/C(=O)N1CCCCC1c1csc(Nc2ncccn2)n1. The van der Waals surface area contributed by atoms with E-state index < -0.39 is 0 Å². The number of rotatable bonds is 6. The molecule has 2 aromatic heterocycles. The Morgan fingerprint density at radius 2 is 2.19 bits per heavy atom. The van der Waals surface area contributed by atoms with Crippen LogP contribution in [0.25, 0.3) is 0 Å². The third-order valence-electron chi connectivity index (χ3n) is 4.16. The second-order valence-corrected chi connectivity index (χ2v) is 7.34. The van der Waals surface area contributed by atoms with Crippen LogP contribution in [0.1, 0.15) is 31.0 Å². The first-order valence-corrected chi connectivity index (χ1v) is 9.63. The van der Waals surface area contributed by atoms with Gasteiger partial charge in [-0.1, -0.05) is 6.08 Å². The van der Waals surface area contributed by atoms with Crippen molar-refractivity contribution in [2.75, 3.05) is 32.5 Å². The molecule has 8 heteroatoms. The van der Waals surface area contributed by atoms with Crippen LogP contribution in [-0.2, 0) is 4.79 Å². The number of nitrogens with one attached hydrogen (secondary N) is 1. The zero-order valence-corrected chi connectivity index (χ0v) is 15.9. The Morgan fingerprint density at radius 1 is 1.38 bits per heavy atom. The van der Waals surface area contributed by atoms with E-state index in [2.05, 4.69) is 20.3 Å². The van der Waals surface area contributed by atoms with Gasteiger partial charge in [0.15, 0.2) is 5.13 Å². The number of anilines is 2. The lowest BCUT2D eigenvalue weighted by molar-refractivity contribution is -0.129. The van der Waals surface area contributed by atoms with E-state index in [-0.39, 0.29) is 11.9 Å². The molecule has 1 amide bonds. The molecule has 0 radical (unpaired) electrons. The summed E-state index contributed by atoms with van der Waals surface area (Å²) in [7, 11) is 3.97. The normalized spacial score (nSPS) is 17.8. The van der Waals surface area contributed by atoms with Crippen molar-refractivity contribution in [3.63, 3.8) is 0 Å². The van der Waals surface area contributed by atoms with Gasteiger partial charge in [0, 0.05) is 36.9 Å². The van der Waals surface area contributed by atoms with Gasteiger partial charge in [-0.15, -0.1) is 11.3 Å².